The number of carbonyl (C=O) groups excluding carboxylic acids is 7. The molecule has 8 N–H and O–H groups in total. The fraction of sp³-hybridized carbons (Fsp3) is 0.667. The maximum atomic E-state index is 13.7. The van der Waals surface area contributed by atoms with Crippen LogP contribution in [-0.2, 0) is 49.5 Å². The highest BCUT2D eigenvalue weighted by Gasteiger charge is 2.58. The quantitative estimate of drug-likeness (QED) is 0.0161. The molecule has 6 amide bonds. The Morgan fingerprint density at radius 1 is 0.947 bits per heavy atom. The molecular weight excluding hydrogens is 993 g/mol. The maximum Gasteiger partial charge on any atom is 0.407 e. The summed E-state index contributed by atoms with van der Waals surface area (Å²) < 4.78 is 23.8. The Balaban J connectivity index is 1.23. The number of carbonyl (C=O) groups is 7. The molecule has 19 heteroatoms. The molecule has 76 heavy (non-hydrogen) atoms. The summed E-state index contributed by atoms with van der Waals surface area (Å²) in [7, 11) is 0. The Bertz CT molecular complexity index is 2150. The minimum Gasteiger partial charge on any atom is -0.445 e. The average molecular weight is 1080 g/mol. The number of nitrogens with two attached hydrogens (primary N) is 1. The van der Waals surface area contributed by atoms with Crippen molar-refractivity contribution in [2.24, 2.45) is 29.4 Å². The summed E-state index contributed by atoms with van der Waals surface area (Å²) in [5.41, 5.74) is 6.57. The molecule has 4 rings (SSSR count). The first-order valence-electron chi connectivity index (χ1n) is 27.4. The fourth-order valence-electron chi connectivity index (χ4n) is 9.34. The second-order valence-electron chi connectivity index (χ2n) is 21.4. The summed E-state index contributed by atoms with van der Waals surface area (Å²) in [6.45, 7) is 16.5. The highest BCUT2D eigenvalue weighted by molar-refractivity contribution is 7.99. The first kappa shape index (κ1) is 63.5. The molecule has 18 nitrogen and oxygen atoms in total. The molecular formula is C57H88N6O12S. The van der Waals surface area contributed by atoms with E-state index in [9.17, 15) is 38.7 Å². The molecule has 0 aliphatic carbocycles. The van der Waals surface area contributed by atoms with Crippen LogP contribution < -0.4 is 32.3 Å². The molecule has 0 radical (unpaired) electrons. The number of unbranched alkanes of at least 4 members (excludes halogenated alkanes) is 3. The summed E-state index contributed by atoms with van der Waals surface area (Å²) in [4.78, 5) is 88.9. The molecule has 3 aliphatic rings. The number of thioether (sulfide) groups is 1. The summed E-state index contributed by atoms with van der Waals surface area (Å²) in [5.74, 6) is 0.195. The van der Waals surface area contributed by atoms with E-state index >= 15 is 0 Å². The van der Waals surface area contributed by atoms with E-state index < -0.39 is 53.9 Å². The van der Waals surface area contributed by atoms with Gasteiger partial charge in [-0.25, -0.2) is 9.59 Å². The molecule has 0 saturated carbocycles. The summed E-state index contributed by atoms with van der Waals surface area (Å²) in [6, 6.07) is 5.19. The van der Waals surface area contributed by atoms with Crippen molar-refractivity contribution in [3.63, 3.8) is 0 Å². The van der Waals surface area contributed by atoms with Gasteiger partial charge in [-0.3, -0.25) is 24.0 Å². The van der Waals surface area contributed by atoms with Crippen molar-refractivity contribution in [2.45, 2.75) is 187 Å². The molecule has 1 aromatic carbocycles. The lowest BCUT2D eigenvalue weighted by atomic mass is 9.87. The van der Waals surface area contributed by atoms with Crippen LogP contribution in [0.15, 0.2) is 60.2 Å². The van der Waals surface area contributed by atoms with Crippen LogP contribution in [0.25, 0.3) is 0 Å². The van der Waals surface area contributed by atoms with Gasteiger partial charge < -0.3 is 56.4 Å². The number of nitrogens with one attached hydrogen (secondary N) is 5. The number of allylic oxidation sites excluding steroid dienone is 3. The van der Waals surface area contributed by atoms with Gasteiger partial charge >= 0.3 is 12.1 Å². The van der Waals surface area contributed by atoms with Crippen LogP contribution in [-0.4, -0.2) is 126 Å². The number of anilines is 1. The van der Waals surface area contributed by atoms with E-state index in [0.717, 1.165) is 37.0 Å². The largest absolute Gasteiger partial charge is 0.445 e. The van der Waals surface area contributed by atoms with Crippen LogP contribution in [0.3, 0.4) is 0 Å². The lowest BCUT2D eigenvalue weighted by Crippen LogP contribution is -2.52. The number of hydrogen-bond acceptors (Lipinski definition) is 13. The van der Waals surface area contributed by atoms with E-state index in [0.29, 0.717) is 61.6 Å². The number of benzene rings is 1. The average Bonchev–Trinajstić information content (AvgIpc) is 4.16. The minimum atomic E-state index is -0.885. The van der Waals surface area contributed by atoms with Gasteiger partial charge in [0.15, 0.2) is 5.78 Å². The van der Waals surface area contributed by atoms with Crippen LogP contribution >= 0.6 is 11.8 Å². The van der Waals surface area contributed by atoms with Gasteiger partial charge in [0, 0.05) is 50.4 Å². The maximum absolute atomic E-state index is 13.7. The van der Waals surface area contributed by atoms with Gasteiger partial charge in [-0.15, -0.1) is 0 Å². The van der Waals surface area contributed by atoms with Crippen molar-refractivity contribution in [3.05, 3.63) is 65.8 Å². The highest BCUT2D eigenvalue weighted by atomic mass is 32.2. The number of ketones is 2. The number of hydrogen-bond donors (Lipinski definition) is 7. The zero-order valence-corrected chi connectivity index (χ0v) is 47.0. The van der Waals surface area contributed by atoms with Gasteiger partial charge in [0.2, 0.25) is 17.7 Å². The zero-order chi connectivity index (χ0) is 55.8. The molecule has 3 fully saturated rings. The third-order valence-electron chi connectivity index (χ3n) is 14.0. The molecule has 0 unspecified atom stereocenters. The van der Waals surface area contributed by atoms with Gasteiger partial charge in [0.1, 0.15) is 30.2 Å². The Morgan fingerprint density at radius 3 is 2.32 bits per heavy atom. The SMILES string of the molecule is CCSCC(=O)CCCCCCC(=O)N[C@H](C(=O)C[C@@H](CCCNC(N)=O)C(=O)Nc1ccc(COC(=O)NC[C@@H]2C[C@@]3(CO3)[C@H](O)[C@@H](/C=C/C(C)=C/C[C@@H]3O[C@H](C)[C@H](NC(=O)/C=C\C(C)C)C[C@@H]3C)O2)cc1)C(C)C. The second kappa shape index (κ2) is 32.6. The first-order chi connectivity index (χ1) is 36.2. The van der Waals surface area contributed by atoms with E-state index in [1.807, 2.05) is 66.7 Å². The standard InChI is InChI=1S/C57H88N6O12S/c1-9-76-34-44(64)16-12-10-11-13-17-50(66)63-52(37(4)5)47(65)30-42(15-14-28-59-55(58)70)54(69)61-43-23-21-41(22-24-43)33-72-56(71)60-32-45-31-57(35-73-57)53(68)49(75-45)26-20-38(6)19-25-48-39(7)29-46(40(8)74-48)62-51(67)27-18-36(2)3/h18-24,26-27,36-37,39-40,42,45-46,48-49,52-53,68H,9-17,25,28-35H2,1-8H3,(H,60,71)(H,61,69)(H,62,67)(H,63,66)(H3,58,59,70)/b26-20+,27-18-,38-19+/t39-,40+,42+,45-,46+,48-,49+,52-,53+,57+/m0/s1. The zero-order valence-electron chi connectivity index (χ0n) is 46.2. The molecule has 3 saturated heterocycles. The Hall–Kier alpha value is -5.08. The molecule has 1 aromatic rings. The third-order valence-corrected chi connectivity index (χ3v) is 14.9. The Labute approximate surface area is 455 Å². The third kappa shape index (κ3) is 22.9. The number of epoxide rings is 1. The molecule has 424 valence electrons. The number of Topliss-reactive ketones (excluding diaryl/α,β-unsaturated/α-hetero) is 2. The van der Waals surface area contributed by atoms with Crippen molar-refractivity contribution in [1.82, 2.24) is 21.3 Å². The van der Waals surface area contributed by atoms with Crippen LogP contribution in [0.1, 0.15) is 138 Å². The number of aliphatic hydroxyl groups excluding tert-OH is 1. The molecule has 0 bridgehead atoms. The highest BCUT2D eigenvalue weighted by Crippen LogP contribution is 2.42. The topological polar surface area (TPSA) is 266 Å². The van der Waals surface area contributed by atoms with E-state index in [2.05, 4.69) is 39.6 Å². The molecule has 3 aliphatic heterocycles. The molecule has 1 spiro atoms. The lowest BCUT2D eigenvalue weighted by Gasteiger charge is -2.39. The lowest BCUT2D eigenvalue weighted by molar-refractivity contribution is -0.131. The predicted molar refractivity (Wildman–Crippen MR) is 295 cm³/mol. The molecule has 3 heterocycles. The number of ether oxygens (including phenoxy) is 4. The van der Waals surface area contributed by atoms with Crippen LogP contribution in [0.2, 0.25) is 0 Å². The smallest absolute Gasteiger partial charge is 0.407 e. The second-order valence-corrected chi connectivity index (χ2v) is 22.7. The first-order valence-corrected chi connectivity index (χ1v) is 28.6. The monoisotopic (exact) mass is 1080 g/mol. The van der Waals surface area contributed by atoms with Gasteiger partial charge in [0.25, 0.3) is 0 Å². The molecule has 0 aromatic heterocycles. The number of rotatable bonds is 32. The Morgan fingerprint density at radius 2 is 1.66 bits per heavy atom. The van der Waals surface area contributed by atoms with Crippen LogP contribution in [0.5, 0.6) is 0 Å². The van der Waals surface area contributed by atoms with E-state index in [-0.39, 0.29) is 92.4 Å². The number of urea groups is 1. The predicted octanol–water partition coefficient (Wildman–Crippen LogP) is 7.37. The van der Waals surface area contributed by atoms with Crippen molar-refractivity contribution >= 4 is 58.9 Å². The summed E-state index contributed by atoms with van der Waals surface area (Å²) in [5, 5.41) is 25.3. The normalized spacial score (nSPS) is 24.3. The number of aliphatic hydroxyl groups is 1. The van der Waals surface area contributed by atoms with Crippen LogP contribution in [0, 0.1) is 23.7 Å². The van der Waals surface area contributed by atoms with Gasteiger partial charge in [-0.1, -0.05) is 96.4 Å². The van der Waals surface area contributed by atoms with Crippen molar-refractivity contribution in [1.29, 1.82) is 0 Å². The van der Waals surface area contributed by atoms with Gasteiger partial charge in [0.05, 0.1) is 42.8 Å². The van der Waals surface area contributed by atoms with Gasteiger partial charge in [-0.05, 0) is 99.7 Å². The van der Waals surface area contributed by atoms with Crippen LogP contribution in [0.4, 0.5) is 15.3 Å². The number of alkyl carbamates (subject to hydrolysis) is 1. The Kier molecular flexibility index (Phi) is 27.2. The van der Waals surface area contributed by atoms with Crippen molar-refractivity contribution in [3.8, 4) is 0 Å². The fourth-order valence-corrected chi connectivity index (χ4v) is 9.91. The van der Waals surface area contributed by atoms with Crippen molar-refractivity contribution < 1.29 is 57.6 Å². The number of primary amides is 1. The molecule has 10 atom stereocenters. The van der Waals surface area contributed by atoms with E-state index in [1.165, 1.54) is 0 Å². The summed E-state index contributed by atoms with van der Waals surface area (Å²) in [6.07, 6.45) is 12.8. The van der Waals surface area contributed by atoms with E-state index in [1.54, 1.807) is 42.1 Å². The van der Waals surface area contributed by atoms with Gasteiger partial charge in [-0.2, -0.15) is 11.8 Å². The van der Waals surface area contributed by atoms with E-state index in [4.69, 9.17) is 24.7 Å². The summed E-state index contributed by atoms with van der Waals surface area (Å²) >= 11 is 1.62. The number of amides is 6. The van der Waals surface area contributed by atoms with Crippen molar-refractivity contribution in [2.75, 3.05) is 36.5 Å². The minimum absolute atomic E-state index is 0.0107.